The molecular formula is C15H24O3. The molecule has 5 atom stereocenters. The molecule has 3 fully saturated rings. The first-order chi connectivity index (χ1) is 8.32. The van der Waals surface area contributed by atoms with Gasteiger partial charge in [0.25, 0.3) is 0 Å². The zero-order valence-electron chi connectivity index (χ0n) is 12.0. The van der Waals surface area contributed by atoms with Crippen LogP contribution < -0.4 is 0 Å². The van der Waals surface area contributed by atoms with Gasteiger partial charge in [0.2, 0.25) is 0 Å². The molecule has 0 unspecified atom stereocenters. The van der Waals surface area contributed by atoms with Crippen molar-refractivity contribution in [3.63, 3.8) is 0 Å². The van der Waals surface area contributed by atoms with Crippen LogP contribution >= 0.6 is 0 Å². The highest BCUT2D eigenvalue weighted by atomic mass is 16.5. The van der Waals surface area contributed by atoms with Crippen molar-refractivity contribution in [2.24, 2.45) is 35.0 Å². The standard InChI is InChI=1S/C15H24O3/c1-8(2)10-6-12-9(3)13(16)11(10)7-15(12,4)14(17)18-5/h8-12H,6-7H2,1-5H3/t9-,10+,11-,12+,15+/m0/s1. The van der Waals surface area contributed by atoms with Crippen LogP contribution in [0.3, 0.4) is 0 Å². The molecule has 3 rings (SSSR count). The van der Waals surface area contributed by atoms with E-state index in [4.69, 9.17) is 4.74 Å². The van der Waals surface area contributed by atoms with Gasteiger partial charge >= 0.3 is 5.97 Å². The molecule has 0 saturated heterocycles. The molecule has 3 nitrogen and oxygen atoms in total. The Bertz CT molecular complexity index is 374. The predicted molar refractivity (Wildman–Crippen MR) is 68.8 cm³/mol. The largest absolute Gasteiger partial charge is 0.469 e. The van der Waals surface area contributed by atoms with Gasteiger partial charge in [0.05, 0.1) is 12.5 Å². The lowest BCUT2D eigenvalue weighted by atomic mass is 9.48. The summed E-state index contributed by atoms with van der Waals surface area (Å²) in [6.45, 7) is 8.32. The third kappa shape index (κ3) is 1.70. The lowest BCUT2D eigenvalue weighted by Gasteiger charge is -2.54. The molecule has 0 radical (unpaired) electrons. The molecule has 102 valence electrons. The molecule has 0 aromatic carbocycles. The van der Waals surface area contributed by atoms with Crippen molar-refractivity contribution in [3.8, 4) is 0 Å². The van der Waals surface area contributed by atoms with Gasteiger partial charge in [-0.3, -0.25) is 9.59 Å². The number of methoxy groups -OCH3 is 1. The number of rotatable bonds is 2. The number of hydrogen-bond acceptors (Lipinski definition) is 3. The van der Waals surface area contributed by atoms with E-state index in [-0.39, 0.29) is 23.7 Å². The summed E-state index contributed by atoms with van der Waals surface area (Å²) >= 11 is 0. The summed E-state index contributed by atoms with van der Waals surface area (Å²) in [5.41, 5.74) is -0.460. The van der Waals surface area contributed by atoms with E-state index in [1.807, 2.05) is 13.8 Å². The third-order valence-electron chi connectivity index (χ3n) is 5.43. The lowest BCUT2D eigenvalue weighted by molar-refractivity contribution is -0.175. The van der Waals surface area contributed by atoms with Crippen LogP contribution in [0, 0.1) is 35.0 Å². The summed E-state index contributed by atoms with van der Waals surface area (Å²) in [7, 11) is 1.45. The Morgan fingerprint density at radius 1 is 1.44 bits per heavy atom. The Balaban J connectivity index is 2.35. The van der Waals surface area contributed by atoms with Crippen LogP contribution in [0.2, 0.25) is 0 Å². The van der Waals surface area contributed by atoms with Gasteiger partial charge in [-0.1, -0.05) is 20.8 Å². The van der Waals surface area contributed by atoms with Gasteiger partial charge in [-0.05, 0) is 37.5 Å². The topological polar surface area (TPSA) is 43.4 Å². The predicted octanol–water partition coefficient (Wildman–Crippen LogP) is 2.68. The smallest absolute Gasteiger partial charge is 0.311 e. The van der Waals surface area contributed by atoms with Crippen molar-refractivity contribution in [2.75, 3.05) is 7.11 Å². The summed E-state index contributed by atoms with van der Waals surface area (Å²) in [6.07, 6.45) is 1.66. The Kier molecular flexibility index (Phi) is 3.28. The first kappa shape index (κ1) is 13.6. The normalized spacial score (nSPS) is 43.3. The summed E-state index contributed by atoms with van der Waals surface area (Å²) in [5.74, 6) is 1.38. The minimum Gasteiger partial charge on any atom is -0.469 e. The molecule has 0 aliphatic heterocycles. The number of ether oxygens (including phenoxy) is 1. The average molecular weight is 252 g/mol. The zero-order valence-corrected chi connectivity index (χ0v) is 12.0. The fraction of sp³-hybridized carbons (Fsp3) is 0.867. The van der Waals surface area contributed by atoms with Crippen LogP contribution in [0.25, 0.3) is 0 Å². The van der Waals surface area contributed by atoms with Gasteiger partial charge in [-0.15, -0.1) is 0 Å². The highest BCUT2D eigenvalue weighted by Crippen LogP contribution is 2.57. The van der Waals surface area contributed by atoms with Crippen LogP contribution in [0.1, 0.15) is 40.5 Å². The Morgan fingerprint density at radius 2 is 2.06 bits per heavy atom. The molecular weight excluding hydrogens is 228 g/mol. The second-order valence-electron chi connectivity index (χ2n) is 6.66. The van der Waals surface area contributed by atoms with Gasteiger partial charge < -0.3 is 4.74 Å². The van der Waals surface area contributed by atoms with E-state index in [0.29, 0.717) is 24.0 Å². The van der Waals surface area contributed by atoms with Crippen molar-refractivity contribution in [1.29, 1.82) is 0 Å². The SMILES string of the molecule is COC(=O)[C@]1(C)C[C@@H]2C(=O)[C@@H](C)[C@H]1C[C@@H]2C(C)C. The quantitative estimate of drug-likeness (QED) is 0.710. The second-order valence-corrected chi connectivity index (χ2v) is 6.66. The molecule has 0 spiro atoms. The highest BCUT2D eigenvalue weighted by molar-refractivity contribution is 5.89. The summed E-state index contributed by atoms with van der Waals surface area (Å²) < 4.78 is 4.97. The van der Waals surface area contributed by atoms with Crippen LogP contribution in [-0.4, -0.2) is 18.9 Å². The van der Waals surface area contributed by atoms with Gasteiger partial charge in [-0.2, -0.15) is 0 Å². The molecule has 0 amide bonds. The second kappa shape index (κ2) is 4.36. The van der Waals surface area contributed by atoms with Crippen molar-refractivity contribution < 1.29 is 14.3 Å². The van der Waals surface area contributed by atoms with E-state index >= 15 is 0 Å². The molecule has 0 N–H and O–H groups in total. The van der Waals surface area contributed by atoms with Crippen LogP contribution in [0.4, 0.5) is 0 Å². The van der Waals surface area contributed by atoms with E-state index < -0.39 is 5.41 Å². The fourth-order valence-corrected chi connectivity index (χ4v) is 4.29. The summed E-state index contributed by atoms with van der Waals surface area (Å²) in [6, 6.07) is 0. The molecule has 3 heteroatoms. The maximum atomic E-state index is 12.3. The number of ketones is 1. The molecule has 2 bridgehead atoms. The Labute approximate surface area is 109 Å². The number of carbonyl (C=O) groups is 2. The van der Waals surface area contributed by atoms with Crippen LogP contribution in [0.5, 0.6) is 0 Å². The van der Waals surface area contributed by atoms with Crippen LogP contribution in [0.15, 0.2) is 0 Å². The van der Waals surface area contributed by atoms with Crippen molar-refractivity contribution in [3.05, 3.63) is 0 Å². The molecule has 3 aliphatic carbocycles. The van der Waals surface area contributed by atoms with E-state index in [1.165, 1.54) is 7.11 Å². The maximum Gasteiger partial charge on any atom is 0.311 e. The van der Waals surface area contributed by atoms with Crippen LogP contribution in [-0.2, 0) is 14.3 Å². The molecule has 3 saturated carbocycles. The highest BCUT2D eigenvalue weighted by Gasteiger charge is 2.59. The van der Waals surface area contributed by atoms with E-state index in [1.54, 1.807) is 0 Å². The molecule has 0 aromatic heterocycles. The van der Waals surface area contributed by atoms with Gasteiger partial charge in [0.1, 0.15) is 5.78 Å². The van der Waals surface area contributed by atoms with Gasteiger partial charge in [-0.25, -0.2) is 0 Å². The van der Waals surface area contributed by atoms with Gasteiger partial charge in [0, 0.05) is 11.8 Å². The zero-order chi connectivity index (χ0) is 13.7. The number of carbonyl (C=O) groups excluding carboxylic acids is 2. The number of hydrogen-bond donors (Lipinski definition) is 0. The lowest BCUT2D eigenvalue weighted by Crippen LogP contribution is -2.57. The molecule has 0 heterocycles. The molecule has 18 heavy (non-hydrogen) atoms. The minimum atomic E-state index is -0.460. The third-order valence-corrected chi connectivity index (χ3v) is 5.43. The first-order valence-electron chi connectivity index (χ1n) is 6.95. The summed E-state index contributed by atoms with van der Waals surface area (Å²) in [5, 5.41) is 0. The summed E-state index contributed by atoms with van der Waals surface area (Å²) in [4.78, 5) is 24.4. The Morgan fingerprint density at radius 3 is 2.56 bits per heavy atom. The van der Waals surface area contributed by atoms with Crippen molar-refractivity contribution >= 4 is 11.8 Å². The Hall–Kier alpha value is -0.860. The minimum absolute atomic E-state index is 0.00264. The molecule has 0 aromatic rings. The number of fused-ring (bicyclic) bond motifs is 3. The number of esters is 1. The van der Waals surface area contributed by atoms with Crippen molar-refractivity contribution in [2.45, 2.75) is 40.5 Å². The van der Waals surface area contributed by atoms with Gasteiger partial charge in [0.15, 0.2) is 0 Å². The molecule has 3 aliphatic rings. The van der Waals surface area contributed by atoms with E-state index in [0.717, 1.165) is 6.42 Å². The number of Topliss-reactive ketones (excluding diaryl/α,β-unsaturated/α-hetero) is 1. The first-order valence-corrected chi connectivity index (χ1v) is 6.95. The van der Waals surface area contributed by atoms with Crippen molar-refractivity contribution in [1.82, 2.24) is 0 Å². The van der Waals surface area contributed by atoms with E-state index in [2.05, 4.69) is 13.8 Å². The fourth-order valence-electron chi connectivity index (χ4n) is 4.29. The monoisotopic (exact) mass is 252 g/mol. The van der Waals surface area contributed by atoms with E-state index in [9.17, 15) is 9.59 Å². The maximum absolute atomic E-state index is 12.3. The average Bonchev–Trinajstić information content (AvgIpc) is 2.33.